The second kappa shape index (κ2) is 5.92. The van der Waals surface area contributed by atoms with Gasteiger partial charge in [0.15, 0.2) is 0 Å². The van der Waals surface area contributed by atoms with Gasteiger partial charge < -0.3 is 9.73 Å². The van der Waals surface area contributed by atoms with E-state index in [-0.39, 0.29) is 11.6 Å². The van der Waals surface area contributed by atoms with E-state index in [0.717, 1.165) is 0 Å². The number of furan rings is 1. The Kier molecular flexibility index (Phi) is 4.00. The fraction of sp³-hybridized carbons (Fsp3) is 0.385. The van der Waals surface area contributed by atoms with Gasteiger partial charge in [0.1, 0.15) is 5.76 Å². The lowest BCUT2D eigenvalue weighted by Crippen LogP contribution is -2.23. The van der Waals surface area contributed by atoms with Gasteiger partial charge >= 0.3 is 0 Å². The fourth-order valence-electron chi connectivity index (χ4n) is 1.80. The third-order valence-electron chi connectivity index (χ3n) is 3.12. The predicted molar refractivity (Wildman–Crippen MR) is 74.6 cm³/mol. The van der Waals surface area contributed by atoms with Crippen LogP contribution in [0.1, 0.15) is 24.3 Å². The quantitative estimate of drug-likeness (QED) is 0.785. The molecule has 0 unspecified atom stereocenters. The second-order valence-corrected chi connectivity index (χ2v) is 6.61. The SMILES string of the molecule is O=S(=O)(NCc1cccnn1)c1ccc(CNC2CC2)o1. The van der Waals surface area contributed by atoms with Crippen molar-refractivity contribution in [3.63, 3.8) is 0 Å². The highest BCUT2D eigenvalue weighted by Gasteiger charge is 2.22. The van der Waals surface area contributed by atoms with Crippen molar-refractivity contribution in [2.45, 2.75) is 37.1 Å². The van der Waals surface area contributed by atoms with Crippen LogP contribution in [0.5, 0.6) is 0 Å². The van der Waals surface area contributed by atoms with Crippen molar-refractivity contribution in [2.24, 2.45) is 0 Å². The Labute approximate surface area is 122 Å². The largest absolute Gasteiger partial charge is 0.447 e. The van der Waals surface area contributed by atoms with E-state index in [9.17, 15) is 8.42 Å². The third-order valence-corrected chi connectivity index (χ3v) is 4.39. The molecule has 1 aliphatic carbocycles. The summed E-state index contributed by atoms with van der Waals surface area (Å²) >= 11 is 0. The number of hydrogen-bond acceptors (Lipinski definition) is 6. The Morgan fingerprint density at radius 1 is 1.24 bits per heavy atom. The molecule has 2 heterocycles. The van der Waals surface area contributed by atoms with E-state index in [1.807, 2.05) is 0 Å². The molecule has 0 radical (unpaired) electrons. The number of nitrogens with one attached hydrogen (secondary N) is 2. The van der Waals surface area contributed by atoms with Crippen LogP contribution < -0.4 is 10.0 Å². The molecule has 112 valence electrons. The Morgan fingerprint density at radius 2 is 2.10 bits per heavy atom. The lowest BCUT2D eigenvalue weighted by molar-refractivity contribution is 0.399. The second-order valence-electron chi connectivity index (χ2n) is 4.92. The van der Waals surface area contributed by atoms with Gasteiger partial charge in [0.05, 0.1) is 18.8 Å². The van der Waals surface area contributed by atoms with Crippen molar-refractivity contribution in [1.82, 2.24) is 20.2 Å². The molecule has 0 saturated heterocycles. The molecule has 0 aromatic carbocycles. The molecular formula is C13H16N4O3S. The summed E-state index contributed by atoms with van der Waals surface area (Å²) in [6.45, 7) is 0.622. The first-order valence-electron chi connectivity index (χ1n) is 6.72. The number of aromatic nitrogens is 2. The fourth-order valence-corrected chi connectivity index (χ4v) is 2.74. The van der Waals surface area contributed by atoms with Crippen LogP contribution in [-0.4, -0.2) is 24.7 Å². The highest BCUT2D eigenvalue weighted by atomic mass is 32.2. The molecule has 0 spiro atoms. The lowest BCUT2D eigenvalue weighted by atomic mass is 10.4. The molecule has 0 bridgehead atoms. The van der Waals surface area contributed by atoms with Gasteiger partial charge in [-0.05, 0) is 37.1 Å². The van der Waals surface area contributed by atoms with E-state index in [1.165, 1.54) is 25.1 Å². The van der Waals surface area contributed by atoms with Gasteiger partial charge in [0.25, 0.3) is 10.0 Å². The van der Waals surface area contributed by atoms with E-state index < -0.39 is 10.0 Å². The van der Waals surface area contributed by atoms with E-state index in [4.69, 9.17) is 4.42 Å². The summed E-state index contributed by atoms with van der Waals surface area (Å²) in [6, 6.07) is 7.08. The molecule has 8 heteroatoms. The molecule has 2 aromatic rings. The van der Waals surface area contributed by atoms with Crippen LogP contribution >= 0.6 is 0 Å². The number of rotatable bonds is 7. The van der Waals surface area contributed by atoms with Gasteiger partial charge in [-0.3, -0.25) is 0 Å². The Bertz CT molecular complexity index is 695. The molecule has 2 aromatic heterocycles. The molecular weight excluding hydrogens is 292 g/mol. The molecule has 21 heavy (non-hydrogen) atoms. The van der Waals surface area contributed by atoms with Crippen LogP contribution in [0, 0.1) is 0 Å². The maximum atomic E-state index is 12.1. The van der Waals surface area contributed by atoms with Crippen LogP contribution in [0.25, 0.3) is 0 Å². The normalized spacial score (nSPS) is 15.2. The highest BCUT2D eigenvalue weighted by Crippen LogP contribution is 2.20. The third kappa shape index (κ3) is 3.87. The first-order valence-corrected chi connectivity index (χ1v) is 8.20. The summed E-state index contributed by atoms with van der Waals surface area (Å²) in [7, 11) is -3.67. The first kappa shape index (κ1) is 14.2. The standard InChI is InChI=1S/C13H16N4O3S/c18-21(19,16-8-11-2-1-7-15-17-11)13-6-5-12(20-13)9-14-10-3-4-10/h1-2,5-7,10,14,16H,3-4,8-9H2. The van der Waals surface area contributed by atoms with Gasteiger partial charge in [-0.25, -0.2) is 13.1 Å². The zero-order chi connectivity index (χ0) is 14.7. The van der Waals surface area contributed by atoms with Gasteiger partial charge in [0.2, 0.25) is 5.09 Å². The van der Waals surface area contributed by atoms with Gasteiger partial charge in [-0.15, -0.1) is 0 Å². The van der Waals surface area contributed by atoms with Crippen LogP contribution in [-0.2, 0) is 23.1 Å². The monoisotopic (exact) mass is 308 g/mol. The van der Waals surface area contributed by atoms with Crippen LogP contribution in [0.2, 0.25) is 0 Å². The van der Waals surface area contributed by atoms with E-state index in [2.05, 4.69) is 20.2 Å². The maximum absolute atomic E-state index is 12.1. The molecule has 0 atom stereocenters. The number of hydrogen-bond donors (Lipinski definition) is 2. The minimum absolute atomic E-state index is 0.0759. The minimum Gasteiger partial charge on any atom is -0.447 e. The smallest absolute Gasteiger partial charge is 0.274 e. The van der Waals surface area contributed by atoms with E-state index in [0.29, 0.717) is 24.0 Å². The Balaban J connectivity index is 1.61. The zero-order valence-electron chi connectivity index (χ0n) is 11.3. The summed E-state index contributed by atoms with van der Waals surface area (Å²) < 4.78 is 32.0. The molecule has 0 aliphatic heterocycles. The van der Waals surface area contributed by atoms with Crippen molar-refractivity contribution in [3.8, 4) is 0 Å². The molecule has 1 saturated carbocycles. The van der Waals surface area contributed by atoms with Crippen molar-refractivity contribution in [2.75, 3.05) is 0 Å². The first-order chi connectivity index (χ1) is 10.1. The maximum Gasteiger partial charge on any atom is 0.274 e. The number of sulfonamides is 1. The minimum atomic E-state index is -3.67. The average molecular weight is 308 g/mol. The molecule has 1 fully saturated rings. The topological polar surface area (TPSA) is 97.1 Å². The van der Waals surface area contributed by atoms with Gasteiger partial charge in [-0.2, -0.15) is 10.2 Å². The number of nitrogens with zero attached hydrogens (tertiary/aromatic N) is 2. The molecule has 2 N–H and O–H groups in total. The highest BCUT2D eigenvalue weighted by molar-refractivity contribution is 7.89. The van der Waals surface area contributed by atoms with Crippen LogP contribution in [0.4, 0.5) is 0 Å². The summed E-state index contributed by atoms with van der Waals surface area (Å²) in [5.74, 6) is 0.613. The summed E-state index contributed by atoms with van der Waals surface area (Å²) in [4.78, 5) is 0. The summed E-state index contributed by atoms with van der Waals surface area (Å²) in [5.41, 5.74) is 0.545. The van der Waals surface area contributed by atoms with E-state index in [1.54, 1.807) is 18.2 Å². The molecule has 1 aliphatic rings. The Morgan fingerprint density at radius 3 is 2.81 bits per heavy atom. The van der Waals surface area contributed by atoms with Crippen molar-refractivity contribution in [3.05, 3.63) is 41.9 Å². The van der Waals surface area contributed by atoms with Crippen LogP contribution in [0.15, 0.2) is 40.0 Å². The molecule has 0 amide bonds. The van der Waals surface area contributed by atoms with E-state index >= 15 is 0 Å². The Hall–Kier alpha value is -1.77. The summed E-state index contributed by atoms with van der Waals surface area (Å²) in [5, 5.41) is 10.7. The molecule has 7 nitrogen and oxygen atoms in total. The van der Waals surface area contributed by atoms with Crippen molar-refractivity contribution in [1.29, 1.82) is 0 Å². The van der Waals surface area contributed by atoms with Crippen molar-refractivity contribution >= 4 is 10.0 Å². The predicted octanol–water partition coefficient (Wildman–Crippen LogP) is 0.800. The average Bonchev–Trinajstić information content (AvgIpc) is 3.20. The zero-order valence-corrected chi connectivity index (χ0v) is 12.1. The van der Waals surface area contributed by atoms with Gasteiger partial charge in [-0.1, -0.05) is 0 Å². The lowest BCUT2D eigenvalue weighted by Gasteiger charge is -2.03. The van der Waals surface area contributed by atoms with Crippen molar-refractivity contribution < 1.29 is 12.8 Å². The molecule has 3 rings (SSSR count). The van der Waals surface area contributed by atoms with Crippen LogP contribution in [0.3, 0.4) is 0 Å². The van der Waals surface area contributed by atoms with Gasteiger partial charge in [0, 0.05) is 12.2 Å². The summed E-state index contributed by atoms with van der Waals surface area (Å²) in [6.07, 6.45) is 3.88.